The third kappa shape index (κ3) is 2.19. The van der Waals surface area contributed by atoms with E-state index in [1.807, 2.05) is 13.2 Å². The average Bonchev–Trinajstić information content (AvgIpc) is 3.09. The van der Waals surface area contributed by atoms with E-state index in [9.17, 15) is 0 Å². The molecule has 1 saturated carbocycles. The molecule has 1 fully saturated rings. The molecule has 3 nitrogen and oxygen atoms in total. The number of rotatable bonds is 4. The Morgan fingerprint density at radius 1 is 1.21 bits per heavy atom. The van der Waals surface area contributed by atoms with Crippen LogP contribution >= 0.6 is 0 Å². The van der Waals surface area contributed by atoms with Gasteiger partial charge in [-0.2, -0.15) is 0 Å². The van der Waals surface area contributed by atoms with Crippen molar-refractivity contribution in [3.05, 3.63) is 53.6 Å². The zero-order chi connectivity index (χ0) is 13.1. The lowest BCUT2D eigenvalue weighted by molar-refractivity contribution is 0.503. The van der Waals surface area contributed by atoms with E-state index in [1.165, 1.54) is 36.9 Å². The number of hydrogen-bond acceptors (Lipinski definition) is 2. The number of H-pyrrole nitrogens is 1. The molecular formula is C16H21N3. The van der Waals surface area contributed by atoms with Crippen LogP contribution in [0.15, 0.2) is 36.5 Å². The van der Waals surface area contributed by atoms with Gasteiger partial charge in [0.05, 0.1) is 5.41 Å². The van der Waals surface area contributed by atoms with Gasteiger partial charge in [0.1, 0.15) is 5.82 Å². The summed E-state index contributed by atoms with van der Waals surface area (Å²) in [6, 6.07) is 10.8. The molecule has 0 atom stereocenters. The molecule has 1 heterocycles. The van der Waals surface area contributed by atoms with Gasteiger partial charge in [-0.15, -0.1) is 0 Å². The summed E-state index contributed by atoms with van der Waals surface area (Å²) in [6.07, 6.45) is 6.94. The molecule has 0 unspecified atom stereocenters. The molecular weight excluding hydrogens is 234 g/mol. The standard InChI is InChI=1S/C16H21N3/c1-17-11-14-12-18-15(19-14)16(9-5-6-10-16)13-7-3-2-4-8-13/h2-4,7-8,12,17H,5-6,9-11H2,1H3,(H,18,19). The molecule has 0 spiro atoms. The number of imidazole rings is 1. The molecule has 1 aliphatic rings. The van der Waals surface area contributed by atoms with Gasteiger partial charge in [0.2, 0.25) is 0 Å². The molecule has 1 aromatic heterocycles. The maximum absolute atomic E-state index is 4.67. The van der Waals surface area contributed by atoms with E-state index in [0.29, 0.717) is 0 Å². The van der Waals surface area contributed by atoms with E-state index < -0.39 is 0 Å². The molecule has 2 N–H and O–H groups in total. The molecule has 2 aromatic rings. The van der Waals surface area contributed by atoms with Crippen LogP contribution in [-0.4, -0.2) is 17.0 Å². The number of benzene rings is 1. The van der Waals surface area contributed by atoms with E-state index in [2.05, 4.69) is 45.6 Å². The maximum atomic E-state index is 4.67. The largest absolute Gasteiger partial charge is 0.344 e. The van der Waals surface area contributed by atoms with Crippen molar-refractivity contribution in [3.8, 4) is 0 Å². The normalized spacial score (nSPS) is 17.7. The summed E-state index contributed by atoms with van der Waals surface area (Å²) in [7, 11) is 1.96. The van der Waals surface area contributed by atoms with Crippen molar-refractivity contribution in [3.63, 3.8) is 0 Å². The zero-order valence-corrected chi connectivity index (χ0v) is 11.4. The lowest BCUT2D eigenvalue weighted by Crippen LogP contribution is -2.25. The van der Waals surface area contributed by atoms with Gasteiger partial charge in [0.15, 0.2) is 0 Å². The lowest BCUT2D eigenvalue weighted by atomic mass is 9.78. The summed E-state index contributed by atoms with van der Waals surface area (Å²) < 4.78 is 0. The SMILES string of the molecule is CNCc1cnc(C2(c3ccccc3)CCCC2)[nH]1. The summed E-state index contributed by atoms with van der Waals surface area (Å²) in [5.74, 6) is 1.14. The summed E-state index contributed by atoms with van der Waals surface area (Å²) in [5, 5.41) is 3.17. The van der Waals surface area contributed by atoms with Crippen molar-refractivity contribution >= 4 is 0 Å². The van der Waals surface area contributed by atoms with Crippen molar-refractivity contribution in [2.45, 2.75) is 37.6 Å². The van der Waals surface area contributed by atoms with Gasteiger partial charge in [-0.3, -0.25) is 0 Å². The molecule has 0 bridgehead atoms. The molecule has 100 valence electrons. The molecule has 19 heavy (non-hydrogen) atoms. The summed E-state index contributed by atoms with van der Waals surface area (Å²) in [4.78, 5) is 8.19. The number of nitrogens with one attached hydrogen (secondary N) is 2. The van der Waals surface area contributed by atoms with Crippen LogP contribution in [0.2, 0.25) is 0 Å². The first kappa shape index (κ1) is 12.4. The van der Waals surface area contributed by atoms with E-state index in [0.717, 1.165) is 12.4 Å². The molecule has 0 aliphatic heterocycles. The molecule has 0 radical (unpaired) electrons. The first-order valence-electron chi connectivity index (χ1n) is 7.10. The first-order chi connectivity index (χ1) is 9.35. The molecule has 1 aromatic carbocycles. The molecule has 1 aliphatic carbocycles. The Morgan fingerprint density at radius 2 is 1.95 bits per heavy atom. The second kappa shape index (κ2) is 5.17. The summed E-state index contributed by atoms with van der Waals surface area (Å²) in [5.41, 5.74) is 2.67. The Hall–Kier alpha value is -1.61. The van der Waals surface area contributed by atoms with Gasteiger partial charge in [-0.1, -0.05) is 43.2 Å². The first-order valence-corrected chi connectivity index (χ1v) is 7.10. The smallest absolute Gasteiger partial charge is 0.116 e. The number of hydrogen-bond donors (Lipinski definition) is 2. The monoisotopic (exact) mass is 255 g/mol. The lowest BCUT2D eigenvalue weighted by Gasteiger charge is -2.27. The topological polar surface area (TPSA) is 40.7 Å². The second-order valence-corrected chi connectivity index (χ2v) is 5.44. The van der Waals surface area contributed by atoms with E-state index in [-0.39, 0.29) is 5.41 Å². The Labute approximate surface area is 114 Å². The van der Waals surface area contributed by atoms with E-state index >= 15 is 0 Å². The van der Waals surface area contributed by atoms with Crippen LogP contribution < -0.4 is 5.32 Å². The minimum atomic E-state index is 0.104. The number of aromatic amines is 1. The fraction of sp³-hybridized carbons (Fsp3) is 0.438. The van der Waals surface area contributed by atoms with Gasteiger partial charge in [-0.05, 0) is 25.5 Å². The number of nitrogens with zero attached hydrogens (tertiary/aromatic N) is 1. The number of aromatic nitrogens is 2. The summed E-state index contributed by atoms with van der Waals surface area (Å²) >= 11 is 0. The van der Waals surface area contributed by atoms with Crippen LogP contribution in [0.3, 0.4) is 0 Å². The molecule has 0 saturated heterocycles. The van der Waals surface area contributed by atoms with Crippen LogP contribution in [0.4, 0.5) is 0 Å². The van der Waals surface area contributed by atoms with Crippen molar-refractivity contribution < 1.29 is 0 Å². The Kier molecular flexibility index (Phi) is 3.38. The Morgan fingerprint density at radius 3 is 2.63 bits per heavy atom. The zero-order valence-electron chi connectivity index (χ0n) is 11.4. The predicted octanol–water partition coefficient (Wildman–Crippen LogP) is 2.99. The fourth-order valence-corrected chi connectivity index (χ4v) is 3.28. The van der Waals surface area contributed by atoms with E-state index in [1.54, 1.807) is 0 Å². The Bertz CT molecular complexity index is 524. The minimum absolute atomic E-state index is 0.104. The van der Waals surface area contributed by atoms with Gasteiger partial charge in [-0.25, -0.2) is 4.98 Å². The highest BCUT2D eigenvalue weighted by atomic mass is 15.0. The molecule has 3 heteroatoms. The average molecular weight is 255 g/mol. The van der Waals surface area contributed by atoms with E-state index in [4.69, 9.17) is 0 Å². The fourth-order valence-electron chi connectivity index (χ4n) is 3.28. The third-order valence-electron chi connectivity index (χ3n) is 4.23. The van der Waals surface area contributed by atoms with Gasteiger partial charge < -0.3 is 10.3 Å². The minimum Gasteiger partial charge on any atom is -0.344 e. The molecule has 3 rings (SSSR count). The van der Waals surface area contributed by atoms with Crippen LogP contribution in [0.5, 0.6) is 0 Å². The Balaban J connectivity index is 2.00. The highest BCUT2D eigenvalue weighted by Gasteiger charge is 2.39. The van der Waals surface area contributed by atoms with Crippen molar-refractivity contribution in [2.75, 3.05) is 7.05 Å². The predicted molar refractivity (Wildman–Crippen MR) is 77.0 cm³/mol. The third-order valence-corrected chi connectivity index (χ3v) is 4.23. The second-order valence-electron chi connectivity index (χ2n) is 5.44. The quantitative estimate of drug-likeness (QED) is 0.881. The van der Waals surface area contributed by atoms with Crippen LogP contribution in [0.25, 0.3) is 0 Å². The van der Waals surface area contributed by atoms with Crippen molar-refractivity contribution in [2.24, 2.45) is 0 Å². The van der Waals surface area contributed by atoms with Crippen LogP contribution in [0.1, 0.15) is 42.8 Å². The summed E-state index contributed by atoms with van der Waals surface area (Å²) in [6.45, 7) is 0.845. The molecule has 0 amide bonds. The van der Waals surface area contributed by atoms with Crippen LogP contribution in [-0.2, 0) is 12.0 Å². The highest BCUT2D eigenvalue weighted by Crippen LogP contribution is 2.44. The van der Waals surface area contributed by atoms with Crippen LogP contribution in [0, 0.1) is 0 Å². The van der Waals surface area contributed by atoms with Crippen molar-refractivity contribution in [1.29, 1.82) is 0 Å². The van der Waals surface area contributed by atoms with Gasteiger partial charge >= 0.3 is 0 Å². The van der Waals surface area contributed by atoms with Crippen molar-refractivity contribution in [1.82, 2.24) is 15.3 Å². The van der Waals surface area contributed by atoms with Gasteiger partial charge in [0.25, 0.3) is 0 Å². The maximum Gasteiger partial charge on any atom is 0.116 e. The van der Waals surface area contributed by atoms with Gasteiger partial charge in [0, 0.05) is 18.4 Å². The highest BCUT2D eigenvalue weighted by molar-refractivity contribution is 5.34.